The van der Waals surface area contributed by atoms with E-state index in [4.69, 9.17) is 16.3 Å². The van der Waals surface area contributed by atoms with Crippen LogP contribution in [0.5, 0.6) is 0 Å². The first-order chi connectivity index (χ1) is 11.9. The summed E-state index contributed by atoms with van der Waals surface area (Å²) in [5.41, 5.74) is 1.61. The van der Waals surface area contributed by atoms with Crippen LogP contribution in [0.25, 0.3) is 0 Å². The van der Waals surface area contributed by atoms with Crippen LogP contribution in [0.3, 0.4) is 0 Å². The molecule has 0 radical (unpaired) electrons. The Morgan fingerprint density at radius 2 is 2.20 bits per heavy atom. The Morgan fingerprint density at radius 3 is 2.92 bits per heavy atom. The molecule has 1 saturated heterocycles. The van der Waals surface area contributed by atoms with Crippen molar-refractivity contribution in [2.45, 2.75) is 32.0 Å². The summed E-state index contributed by atoms with van der Waals surface area (Å²) in [5.74, 6) is -0.958. The number of carbonyl (C=O) groups is 1. The molecule has 1 atom stereocenters. The maximum absolute atomic E-state index is 11.5. The Morgan fingerprint density at radius 1 is 1.40 bits per heavy atom. The zero-order valence-electron chi connectivity index (χ0n) is 14.3. The summed E-state index contributed by atoms with van der Waals surface area (Å²) in [6, 6.07) is 10.9. The molecule has 0 aliphatic carbocycles. The van der Waals surface area contributed by atoms with Crippen LogP contribution in [0.4, 0.5) is 0 Å². The van der Waals surface area contributed by atoms with Gasteiger partial charge in [-0.3, -0.25) is 9.88 Å². The zero-order valence-corrected chi connectivity index (χ0v) is 15.0. The van der Waals surface area contributed by atoms with Gasteiger partial charge in [0.15, 0.2) is 0 Å². The SMILES string of the molecule is CC1(C)COC(c2cccc(Cl)c2)CN1Cc1ncccc1C(=O)O. The van der Waals surface area contributed by atoms with Crippen LogP contribution >= 0.6 is 11.6 Å². The van der Waals surface area contributed by atoms with Crippen LogP contribution in [0.1, 0.15) is 41.6 Å². The Kier molecular flexibility index (Phi) is 5.08. The second-order valence-corrected chi connectivity index (χ2v) is 7.29. The van der Waals surface area contributed by atoms with E-state index in [0.717, 1.165) is 5.56 Å². The molecule has 1 aliphatic rings. The van der Waals surface area contributed by atoms with Crippen molar-refractivity contribution in [2.24, 2.45) is 0 Å². The molecule has 0 amide bonds. The summed E-state index contributed by atoms with van der Waals surface area (Å²) in [6.45, 7) is 5.81. The Hall–Kier alpha value is -1.95. The van der Waals surface area contributed by atoms with E-state index in [9.17, 15) is 9.90 Å². The van der Waals surface area contributed by atoms with Crippen LogP contribution in [0.2, 0.25) is 5.02 Å². The van der Waals surface area contributed by atoms with Gasteiger partial charge >= 0.3 is 5.97 Å². The number of nitrogens with zero attached hydrogens (tertiary/aromatic N) is 2. The molecule has 1 aromatic carbocycles. The molecule has 1 aromatic heterocycles. The van der Waals surface area contributed by atoms with Crippen LogP contribution in [-0.4, -0.2) is 39.7 Å². The van der Waals surface area contributed by atoms with E-state index in [1.165, 1.54) is 0 Å². The molecule has 1 fully saturated rings. The van der Waals surface area contributed by atoms with E-state index in [-0.39, 0.29) is 17.2 Å². The van der Waals surface area contributed by atoms with Gasteiger partial charge in [-0.15, -0.1) is 0 Å². The van der Waals surface area contributed by atoms with Gasteiger partial charge in [0.25, 0.3) is 0 Å². The largest absolute Gasteiger partial charge is 0.478 e. The lowest BCUT2D eigenvalue weighted by Crippen LogP contribution is -2.53. The number of halogens is 1. The quantitative estimate of drug-likeness (QED) is 0.898. The van der Waals surface area contributed by atoms with Gasteiger partial charge in [-0.1, -0.05) is 23.7 Å². The zero-order chi connectivity index (χ0) is 18.0. The number of carboxylic acids is 1. The lowest BCUT2D eigenvalue weighted by atomic mass is 9.97. The smallest absolute Gasteiger partial charge is 0.337 e. The summed E-state index contributed by atoms with van der Waals surface area (Å²) < 4.78 is 6.04. The van der Waals surface area contributed by atoms with Crippen molar-refractivity contribution in [2.75, 3.05) is 13.2 Å². The number of hydrogen-bond donors (Lipinski definition) is 1. The molecule has 1 N–H and O–H groups in total. The third-order valence-corrected chi connectivity index (χ3v) is 4.80. The van der Waals surface area contributed by atoms with Gasteiger partial charge in [0.05, 0.1) is 24.0 Å². The number of benzene rings is 1. The average Bonchev–Trinajstić information content (AvgIpc) is 2.57. The van der Waals surface area contributed by atoms with Crippen molar-refractivity contribution in [3.8, 4) is 0 Å². The van der Waals surface area contributed by atoms with Crippen molar-refractivity contribution in [1.82, 2.24) is 9.88 Å². The normalized spacial score (nSPS) is 20.4. The summed E-state index contributed by atoms with van der Waals surface area (Å²) in [4.78, 5) is 18.0. The van der Waals surface area contributed by atoms with Gasteiger partial charge in [0.2, 0.25) is 0 Å². The Bertz CT molecular complexity index is 779. The van der Waals surface area contributed by atoms with Gasteiger partial charge in [0.1, 0.15) is 0 Å². The topological polar surface area (TPSA) is 62.7 Å². The molecule has 0 saturated carbocycles. The maximum atomic E-state index is 11.5. The molecule has 2 heterocycles. The molecule has 132 valence electrons. The summed E-state index contributed by atoms with van der Waals surface area (Å²) in [7, 11) is 0. The number of morpholine rings is 1. The van der Waals surface area contributed by atoms with Gasteiger partial charge < -0.3 is 9.84 Å². The fourth-order valence-corrected chi connectivity index (χ4v) is 3.22. The number of aromatic nitrogens is 1. The first-order valence-corrected chi connectivity index (χ1v) is 8.54. The molecule has 0 bridgehead atoms. The second kappa shape index (κ2) is 7.12. The van der Waals surface area contributed by atoms with Crippen LogP contribution in [0, 0.1) is 0 Å². The highest BCUT2D eigenvalue weighted by Crippen LogP contribution is 2.32. The summed E-state index contributed by atoms with van der Waals surface area (Å²) >= 11 is 6.10. The van der Waals surface area contributed by atoms with Gasteiger partial charge in [-0.25, -0.2) is 4.79 Å². The third kappa shape index (κ3) is 4.00. The van der Waals surface area contributed by atoms with Crippen molar-refractivity contribution >= 4 is 17.6 Å². The fraction of sp³-hybridized carbons (Fsp3) is 0.368. The molecule has 5 nitrogen and oxygen atoms in total. The van der Waals surface area contributed by atoms with Crippen molar-refractivity contribution in [3.63, 3.8) is 0 Å². The van der Waals surface area contributed by atoms with E-state index < -0.39 is 5.97 Å². The van der Waals surface area contributed by atoms with E-state index in [1.807, 2.05) is 24.3 Å². The molecule has 25 heavy (non-hydrogen) atoms. The van der Waals surface area contributed by atoms with Crippen LogP contribution in [-0.2, 0) is 11.3 Å². The highest BCUT2D eigenvalue weighted by atomic mass is 35.5. The number of rotatable bonds is 4. The molecule has 1 aliphatic heterocycles. The van der Waals surface area contributed by atoms with Crippen molar-refractivity contribution in [1.29, 1.82) is 0 Å². The van der Waals surface area contributed by atoms with Gasteiger partial charge in [0, 0.05) is 29.8 Å². The standard InChI is InChI=1S/C19H21ClN2O3/c1-19(2)12-25-17(13-5-3-6-14(20)9-13)11-22(19)10-16-15(18(23)24)7-4-8-21-16/h3-9,17H,10-12H2,1-2H3,(H,23,24). The van der Waals surface area contributed by atoms with Gasteiger partial charge in [-0.2, -0.15) is 0 Å². The molecule has 6 heteroatoms. The molecule has 0 spiro atoms. The Labute approximate surface area is 152 Å². The number of ether oxygens (including phenoxy) is 1. The minimum atomic E-state index is -0.958. The van der Waals surface area contributed by atoms with Crippen molar-refractivity contribution < 1.29 is 14.6 Å². The monoisotopic (exact) mass is 360 g/mol. The first-order valence-electron chi connectivity index (χ1n) is 8.16. The van der Waals surface area contributed by atoms with Crippen molar-refractivity contribution in [3.05, 3.63) is 64.4 Å². The summed E-state index contributed by atoms with van der Waals surface area (Å²) in [5, 5.41) is 10.1. The predicted octanol–water partition coefficient (Wildman–Crippen LogP) is 3.79. The van der Waals surface area contributed by atoms with E-state index in [1.54, 1.807) is 18.3 Å². The molecule has 2 aromatic rings. The third-order valence-electron chi connectivity index (χ3n) is 4.56. The van der Waals surface area contributed by atoms with Crippen LogP contribution in [0.15, 0.2) is 42.6 Å². The maximum Gasteiger partial charge on any atom is 0.337 e. The Balaban J connectivity index is 1.84. The lowest BCUT2D eigenvalue weighted by Gasteiger charge is -2.45. The number of pyridine rings is 1. The predicted molar refractivity (Wildman–Crippen MR) is 95.8 cm³/mol. The lowest BCUT2D eigenvalue weighted by molar-refractivity contribution is -0.105. The average molecular weight is 361 g/mol. The number of carboxylic acid groups (broad SMARTS) is 1. The highest BCUT2D eigenvalue weighted by Gasteiger charge is 2.36. The molecule has 3 rings (SSSR count). The number of hydrogen-bond acceptors (Lipinski definition) is 4. The second-order valence-electron chi connectivity index (χ2n) is 6.85. The fourth-order valence-electron chi connectivity index (χ4n) is 3.02. The molecular weight excluding hydrogens is 340 g/mol. The number of aromatic carboxylic acids is 1. The molecule has 1 unspecified atom stereocenters. The highest BCUT2D eigenvalue weighted by molar-refractivity contribution is 6.30. The van der Waals surface area contributed by atoms with Crippen LogP contribution < -0.4 is 0 Å². The van der Waals surface area contributed by atoms with Gasteiger partial charge in [-0.05, 0) is 43.7 Å². The van der Waals surface area contributed by atoms with E-state index >= 15 is 0 Å². The minimum absolute atomic E-state index is 0.108. The van der Waals surface area contributed by atoms with E-state index in [0.29, 0.717) is 30.4 Å². The van der Waals surface area contributed by atoms with E-state index in [2.05, 4.69) is 23.7 Å². The summed E-state index contributed by atoms with van der Waals surface area (Å²) in [6.07, 6.45) is 1.52. The minimum Gasteiger partial charge on any atom is -0.478 e. The first kappa shape index (κ1) is 17.9. The molecular formula is C19H21ClN2O3.